The lowest BCUT2D eigenvalue weighted by Crippen LogP contribution is -2.49. The normalized spacial score (nSPS) is 31.9. The topological polar surface area (TPSA) is 113 Å². The number of allylic oxidation sites excluding steroid dienone is 2. The highest BCUT2D eigenvalue weighted by molar-refractivity contribution is 6.24. The maximum Gasteiger partial charge on any atom is 0.241 e. The first-order chi connectivity index (χ1) is 21.2. The zero-order chi connectivity index (χ0) is 30.9. The van der Waals surface area contributed by atoms with Gasteiger partial charge in [0.05, 0.1) is 43.1 Å². The molecule has 0 spiro atoms. The smallest absolute Gasteiger partial charge is 0.241 e. The summed E-state index contributed by atoms with van der Waals surface area (Å²) in [6.07, 6.45) is 7.53. The standard InChI is InChI=1S/C35H38N2O7/c1-35-25(32(40)37(34(35)42)21-12-8-5-9-13-21)18-24-22(29(35)19-16-26(43-2)30(38)27(17-19)44-3)14-15-23-28(24)33(41)36(31(23)39)20-10-6-4-7-11-20/h5,8-9,12-14,16-17,20,23-25,28-29,38H,4,6-7,10-11,15,18H2,1-3H3/t23-,24+,25-,28-,29-,35+/m0/s1. The van der Waals surface area contributed by atoms with E-state index in [0.717, 1.165) is 37.7 Å². The highest BCUT2D eigenvalue weighted by atomic mass is 16.5. The second-order valence-electron chi connectivity index (χ2n) is 13.1. The first kappa shape index (κ1) is 28.6. The van der Waals surface area contributed by atoms with Crippen LogP contribution < -0.4 is 14.4 Å². The third-order valence-electron chi connectivity index (χ3n) is 11.1. The van der Waals surface area contributed by atoms with Gasteiger partial charge in [0.25, 0.3) is 0 Å². The fourth-order valence-electron chi connectivity index (χ4n) is 9.02. The average Bonchev–Trinajstić information content (AvgIpc) is 3.41. The molecule has 0 unspecified atom stereocenters. The summed E-state index contributed by atoms with van der Waals surface area (Å²) in [5.41, 5.74) is 0.852. The number of amides is 4. The first-order valence-electron chi connectivity index (χ1n) is 15.7. The molecule has 6 atom stereocenters. The van der Waals surface area contributed by atoms with Crippen LogP contribution in [-0.2, 0) is 19.2 Å². The number of likely N-dealkylation sites (tertiary alicyclic amines) is 1. The number of fused-ring (bicyclic) bond motifs is 4. The largest absolute Gasteiger partial charge is 0.502 e. The number of carbonyl (C=O) groups is 4. The van der Waals surface area contributed by atoms with Gasteiger partial charge in [-0.15, -0.1) is 0 Å². The molecule has 1 N–H and O–H groups in total. The van der Waals surface area contributed by atoms with Gasteiger partial charge >= 0.3 is 0 Å². The molecule has 0 bridgehead atoms. The monoisotopic (exact) mass is 598 g/mol. The second kappa shape index (κ2) is 10.5. The lowest BCUT2D eigenvalue weighted by Gasteiger charge is -2.49. The fraction of sp³-hybridized carbons (Fsp3) is 0.486. The van der Waals surface area contributed by atoms with Crippen LogP contribution in [0.5, 0.6) is 17.2 Å². The molecule has 7 rings (SSSR count). The SMILES string of the molecule is COc1cc([C@H]2C3=CC[C@@H]4C(=O)N(C5CCCCC5)C(=O)[C@@H]4[C@@H]3C[C@H]3C(=O)N(c4ccccc4)C(=O)[C@@]23C)cc(OC)c1O. The number of anilines is 1. The molecular weight excluding hydrogens is 560 g/mol. The van der Waals surface area contributed by atoms with Crippen molar-refractivity contribution in [2.75, 3.05) is 19.1 Å². The number of phenols is 1. The summed E-state index contributed by atoms with van der Waals surface area (Å²) in [4.78, 5) is 59.7. The van der Waals surface area contributed by atoms with Gasteiger partial charge in [0.15, 0.2) is 11.5 Å². The van der Waals surface area contributed by atoms with Gasteiger partial charge in [-0.3, -0.25) is 24.1 Å². The minimum Gasteiger partial charge on any atom is -0.502 e. The maximum absolute atomic E-state index is 14.5. The number of nitrogens with zero attached hydrogens (tertiary/aromatic N) is 2. The van der Waals surface area contributed by atoms with Crippen molar-refractivity contribution in [2.24, 2.45) is 29.1 Å². The average molecular weight is 599 g/mol. The minimum atomic E-state index is -1.19. The van der Waals surface area contributed by atoms with Crippen molar-refractivity contribution in [3.8, 4) is 17.2 Å². The molecule has 2 saturated heterocycles. The van der Waals surface area contributed by atoms with Gasteiger partial charge in [0, 0.05) is 12.0 Å². The molecule has 3 aliphatic carbocycles. The van der Waals surface area contributed by atoms with Crippen molar-refractivity contribution in [2.45, 2.75) is 63.8 Å². The Balaban J connectivity index is 1.38. The predicted octanol–water partition coefficient (Wildman–Crippen LogP) is 4.97. The summed E-state index contributed by atoms with van der Waals surface area (Å²) in [6, 6.07) is 12.2. The Morgan fingerprint density at radius 2 is 1.52 bits per heavy atom. The van der Waals surface area contributed by atoms with Crippen molar-refractivity contribution in [3.63, 3.8) is 0 Å². The van der Waals surface area contributed by atoms with E-state index in [-0.39, 0.29) is 52.8 Å². The number of hydrogen-bond acceptors (Lipinski definition) is 7. The van der Waals surface area contributed by atoms with E-state index >= 15 is 0 Å². The van der Waals surface area contributed by atoms with E-state index in [2.05, 4.69) is 0 Å². The van der Waals surface area contributed by atoms with Gasteiger partial charge in [0.2, 0.25) is 29.4 Å². The molecule has 9 heteroatoms. The van der Waals surface area contributed by atoms with Crippen molar-refractivity contribution in [1.82, 2.24) is 4.90 Å². The van der Waals surface area contributed by atoms with Crippen LogP contribution in [0, 0.1) is 29.1 Å². The third-order valence-corrected chi connectivity index (χ3v) is 11.1. The maximum atomic E-state index is 14.5. The molecule has 9 nitrogen and oxygen atoms in total. The van der Waals surface area contributed by atoms with E-state index in [1.807, 2.05) is 19.1 Å². The van der Waals surface area contributed by atoms with Crippen LogP contribution in [-0.4, -0.2) is 53.9 Å². The van der Waals surface area contributed by atoms with Crippen LogP contribution >= 0.6 is 0 Å². The molecule has 4 fully saturated rings. The number of phenolic OH excluding ortho intramolecular Hbond substituents is 1. The number of hydrogen-bond donors (Lipinski definition) is 1. The molecule has 2 aliphatic heterocycles. The van der Waals surface area contributed by atoms with Gasteiger partial charge in [-0.2, -0.15) is 0 Å². The lowest BCUT2D eigenvalue weighted by atomic mass is 9.51. The Labute approximate surface area is 256 Å². The molecule has 2 aromatic carbocycles. The van der Waals surface area contributed by atoms with E-state index in [4.69, 9.17) is 9.47 Å². The number of aromatic hydroxyl groups is 1. The first-order valence-corrected chi connectivity index (χ1v) is 15.7. The summed E-state index contributed by atoms with van der Waals surface area (Å²) >= 11 is 0. The Morgan fingerprint density at radius 3 is 2.16 bits per heavy atom. The van der Waals surface area contributed by atoms with Gasteiger partial charge < -0.3 is 14.6 Å². The quantitative estimate of drug-likeness (QED) is 0.382. The minimum absolute atomic E-state index is 0.0728. The van der Waals surface area contributed by atoms with Crippen LogP contribution in [0.1, 0.15) is 63.4 Å². The van der Waals surface area contributed by atoms with Gasteiger partial charge in [-0.05, 0) is 68.4 Å². The molecular formula is C35H38N2O7. The molecule has 2 aromatic rings. The summed E-state index contributed by atoms with van der Waals surface area (Å²) in [6.45, 7) is 1.84. The van der Waals surface area contributed by atoms with Crippen molar-refractivity contribution < 1.29 is 33.8 Å². The number of methoxy groups -OCH3 is 2. The summed E-state index contributed by atoms with van der Waals surface area (Å²) < 4.78 is 11.0. The highest BCUT2D eigenvalue weighted by Crippen LogP contribution is 2.64. The zero-order valence-electron chi connectivity index (χ0n) is 25.3. The fourth-order valence-corrected chi connectivity index (χ4v) is 9.02. The molecule has 44 heavy (non-hydrogen) atoms. The molecule has 4 amide bonds. The van der Waals surface area contributed by atoms with Crippen molar-refractivity contribution >= 4 is 29.3 Å². The van der Waals surface area contributed by atoms with Gasteiger partial charge in [0.1, 0.15) is 0 Å². The van der Waals surface area contributed by atoms with Gasteiger partial charge in [-0.25, -0.2) is 4.90 Å². The van der Waals surface area contributed by atoms with E-state index in [0.29, 0.717) is 24.1 Å². The summed E-state index contributed by atoms with van der Waals surface area (Å²) in [5.74, 6) is -3.41. The van der Waals surface area contributed by atoms with E-state index in [1.54, 1.807) is 41.3 Å². The summed E-state index contributed by atoms with van der Waals surface area (Å²) in [7, 11) is 2.89. The number of para-hydroxylation sites is 1. The zero-order valence-corrected chi connectivity index (χ0v) is 25.3. The van der Waals surface area contributed by atoms with E-state index in [9.17, 15) is 24.3 Å². The Bertz CT molecular complexity index is 1550. The Kier molecular flexibility index (Phi) is 6.83. The number of benzene rings is 2. The van der Waals surface area contributed by atoms with Crippen LogP contribution in [0.2, 0.25) is 0 Å². The number of imide groups is 2. The van der Waals surface area contributed by atoms with E-state index in [1.165, 1.54) is 19.1 Å². The molecule has 0 aromatic heterocycles. The van der Waals surface area contributed by atoms with Crippen molar-refractivity contribution in [3.05, 3.63) is 59.7 Å². The van der Waals surface area contributed by atoms with Crippen LogP contribution in [0.25, 0.3) is 0 Å². The molecule has 2 heterocycles. The lowest BCUT2D eigenvalue weighted by molar-refractivity contribution is -0.144. The van der Waals surface area contributed by atoms with E-state index < -0.39 is 29.1 Å². The Morgan fingerprint density at radius 1 is 0.864 bits per heavy atom. The van der Waals surface area contributed by atoms with Gasteiger partial charge in [-0.1, -0.05) is 49.1 Å². The van der Waals surface area contributed by atoms with Crippen LogP contribution in [0.4, 0.5) is 5.69 Å². The second-order valence-corrected chi connectivity index (χ2v) is 13.1. The summed E-state index contributed by atoms with van der Waals surface area (Å²) in [5, 5.41) is 10.7. The number of ether oxygens (including phenoxy) is 2. The number of carbonyl (C=O) groups excluding carboxylic acids is 4. The predicted molar refractivity (Wildman–Crippen MR) is 161 cm³/mol. The highest BCUT2D eigenvalue weighted by Gasteiger charge is 2.68. The Hall–Kier alpha value is -4.14. The molecule has 0 radical (unpaired) electrons. The number of rotatable bonds is 5. The molecule has 2 saturated carbocycles. The van der Waals surface area contributed by atoms with Crippen molar-refractivity contribution in [1.29, 1.82) is 0 Å². The van der Waals surface area contributed by atoms with Crippen LogP contribution in [0.15, 0.2) is 54.1 Å². The molecule has 230 valence electrons. The van der Waals surface area contributed by atoms with Crippen LogP contribution in [0.3, 0.4) is 0 Å². The molecule has 5 aliphatic rings. The third kappa shape index (κ3) is 3.90.